The summed E-state index contributed by atoms with van der Waals surface area (Å²) in [7, 11) is 0. The molecule has 7 aromatic carbocycles. The lowest BCUT2D eigenvalue weighted by atomic mass is 9.90. The van der Waals surface area contributed by atoms with Crippen LogP contribution in [0.2, 0.25) is 0 Å². The van der Waals surface area contributed by atoms with Gasteiger partial charge < -0.3 is 4.57 Å². The molecule has 3 aromatic heterocycles. The van der Waals surface area contributed by atoms with Crippen LogP contribution in [-0.4, -0.2) is 14.5 Å². The summed E-state index contributed by atoms with van der Waals surface area (Å²) < 4.78 is 4.26. The van der Waals surface area contributed by atoms with Gasteiger partial charge in [0.05, 0.1) is 21.3 Å². The number of hydrogen-bond acceptors (Lipinski definition) is 4. The van der Waals surface area contributed by atoms with Gasteiger partial charge in [0.2, 0.25) is 0 Å². The molecule has 1 atom stereocenters. The van der Waals surface area contributed by atoms with Crippen LogP contribution in [0, 0.1) is 11.3 Å². The van der Waals surface area contributed by atoms with Crippen molar-refractivity contribution in [2.45, 2.75) is 18.8 Å². The topological polar surface area (TPSA) is 54.5 Å². The highest BCUT2D eigenvalue weighted by molar-refractivity contribution is 7.26. The maximum atomic E-state index is 10.1. The summed E-state index contributed by atoms with van der Waals surface area (Å²) in [5.41, 5.74) is 14.9. The highest BCUT2D eigenvalue weighted by Gasteiger charge is 2.28. The molecule has 0 spiro atoms. The summed E-state index contributed by atoms with van der Waals surface area (Å²) in [6, 6.07) is 61.3. The number of para-hydroxylation sites is 1. The number of aromatic nitrogens is 3. The fraction of sp³-hybridized carbons (Fsp3) is 0.0600. The van der Waals surface area contributed by atoms with Crippen molar-refractivity contribution in [3.63, 3.8) is 0 Å². The number of nitriles is 1. The van der Waals surface area contributed by atoms with E-state index in [1.807, 2.05) is 30.3 Å². The first-order chi connectivity index (χ1) is 27.2. The third kappa shape index (κ3) is 5.10. The average Bonchev–Trinajstić information content (AvgIpc) is 3.90. The molecule has 0 fully saturated rings. The van der Waals surface area contributed by atoms with E-state index in [0.29, 0.717) is 17.4 Å². The molecule has 0 aliphatic heterocycles. The van der Waals surface area contributed by atoms with Crippen LogP contribution in [0.25, 0.3) is 81.4 Å². The van der Waals surface area contributed by atoms with Gasteiger partial charge in [0.15, 0.2) is 11.5 Å². The van der Waals surface area contributed by atoms with Crippen LogP contribution in [0.4, 0.5) is 0 Å². The highest BCUT2D eigenvalue weighted by atomic mass is 32.1. The van der Waals surface area contributed by atoms with Gasteiger partial charge in [-0.3, -0.25) is 0 Å². The van der Waals surface area contributed by atoms with Crippen molar-refractivity contribution in [3.8, 4) is 45.4 Å². The van der Waals surface area contributed by atoms with E-state index in [2.05, 4.69) is 149 Å². The Bertz CT molecular complexity index is 3170. The Balaban J connectivity index is 1.02. The SMILES string of the molecule is N#Cc1nc(-c2ccccc2)nc2c1sc1ccc(-n3c4ccccc4c4cc(-c5ccc6c(c5)-c5ccccc5C6CCc5ccccc5)ccc43)cc12. The van der Waals surface area contributed by atoms with Gasteiger partial charge in [-0.05, 0) is 94.3 Å². The zero-order chi connectivity index (χ0) is 36.5. The molecule has 258 valence electrons. The second-order valence-corrected chi connectivity index (χ2v) is 15.4. The van der Waals surface area contributed by atoms with E-state index in [1.165, 1.54) is 49.7 Å². The van der Waals surface area contributed by atoms with Gasteiger partial charge in [-0.1, -0.05) is 121 Å². The van der Waals surface area contributed by atoms with Gasteiger partial charge >= 0.3 is 0 Å². The standard InChI is InChI=1S/C50H32N4S/c51-30-44-49-48(53-50(52-44)32-13-5-2-6-14-32)43-29-35(22-26-47(43)55-49)54-45-18-10-9-17-40(45)42-28-34(21-25-46(42)54)33-20-24-39-38(23-19-31-11-3-1-4-12-31)36-15-7-8-16-37(36)41(39)27-33/h1-18,20-22,24-29,38H,19,23H2. The first-order valence-corrected chi connectivity index (χ1v) is 19.5. The molecule has 0 amide bonds. The van der Waals surface area contributed by atoms with E-state index in [4.69, 9.17) is 4.98 Å². The van der Waals surface area contributed by atoms with Crippen LogP contribution in [-0.2, 0) is 6.42 Å². The molecule has 1 aliphatic carbocycles. The molecule has 1 aliphatic rings. The first kappa shape index (κ1) is 31.6. The second kappa shape index (κ2) is 12.6. The zero-order valence-corrected chi connectivity index (χ0v) is 30.6. The van der Waals surface area contributed by atoms with Gasteiger partial charge in [0.25, 0.3) is 0 Å². The van der Waals surface area contributed by atoms with Crippen molar-refractivity contribution < 1.29 is 0 Å². The molecule has 4 nitrogen and oxygen atoms in total. The Morgan fingerprint density at radius 1 is 0.582 bits per heavy atom. The highest BCUT2D eigenvalue weighted by Crippen LogP contribution is 2.48. The van der Waals surface area contributed by atoms with Gasteiger partial charge in [-0.2, -0.15) is 5.26 Å². The van der Waals surface area contributed by atoms with Crippen LogP contribution in [0.1, 0.15) is 34.7 Å². The predicted molar refractivity (Wildman–Crippen MR) is 227 cm³/mol. The van der Waals surface area contributed by atoms with Crippen LogP contribution in [0.15, 0.2) is 164 Å². The van der Waals surface area contributed by atoms with Crippen LogP contribution in [0.3, 0.4) is 0 Å². The third-order valence-corrected chi connectivity index (χ3v) is 12.5. The Kier molecular flexibility index (Phi) is 7.26. The van der Waals surface area contributed by atoms with E-state index in [9.17, 15) is 5.26 Å². The molecule has 0 bridgehead atoms. The molecular weight excluding hydrogens is 689 g/mol. The molecule has 55 heavy (non-hydrogen) atoms. The molecular formula is C50H32N4S. The van der Waals surface area contributed by atoms with Gasteiger partial charge in [-0.15, -0.1) is 11.3 Å². The molecule has 0 radical (unpaired) electrons. The average molecular weight is 721 g/mol. The molecule has 3 heterocycles. The number of hydrogen-bond donors (Lipinski definition) is 0. The van der Waals surface area contributed by atoms with Crippen LogP contribution < -0.4 is 0 Å². The van der Waals surface area contributed by atoms with Crippen molar-refractivity contribution >= 4 is 53.4 Å². The number of rotatable bonds is 6. The van der Waals surface area contributed by atoms with Crippen molar-refractivity contribution in [1.29, 1.82) is 5.26 Å². The van der Waals surface area contributed by atoms with E-state index < -0.39 is 0 Å². The monoisotopic (exact) mass is 720 g/mol. The molecule has 10 aromatic rings. The minimum atomic E-state index is 0.390. The minimum absolute atomic E-state index is 0.390. The van der Waals surface area contributed by atoms with Crippen LogP contribution >= 0.6 is 11.3 Å². The first-order valence-electron chi connectivity index (χ1n) is 18.7. The van der Waals surface area contributed by atoms with E-state index >= 15 is 0 Å². The summed E-state index contributed by atoms with van der Waals surface area (Å²) in [6.45, 7) is 0. The van der Waals surface area contributed by atoms with Crippen molar-refractivity contribution in [1.82, 2.24) is 14.5 Å². The number of nitrogens with zero attached hydrogens (tertiary/aromatic N) is 4. The number of fused-ring (bicyclic) bond motifs is 9. The molecule has 11 rings (SSSR count). The van der Waals surface area contributed by atoms with Gasteiger partial charge in [0.1, 0.15) is 6.07 Å². The predicted octanol–water partition coefficient (Wildman–Crippen LogP) is 12.9. The third-order valence-electron chi connectivity index (χ3n) is 11.3. The Hall–Kier alpha value is -6.87. The Morgan fingerprint density at radius 2 is 1.31 bits per heavy atom. The fourth-order valence-electron chi connectivity index (χ4n) is 8.75. The summed E-state index contributed by atoms with van der Waals surface area (Å²) in [5, 5.41) is 13.6. The Labute approximate surface area is 322 Å². The van der Waals surface area contributed by atoms with Crippen LogP contribution in [0.5, 0.6) is 0 Å². The number of thiophene rings is 1. The zero-order valence-electron chi connectivity index (χ0n) is 29.8. The quantitative estimate of drug-likeness (QED) is 0.172. The smallest absolute Gasteiger partial charge is 0.162 e. The lowest BCUT2D eigenvalue weighted by molar-refractivity contribution is 0.729. The minimum Gasteiger partial charge on any atom is -0.309 e. The molecule has 0 saturated heterocycles. The lowest BCUT2D eigenvalue weighted by Gasteiger charge is -2.14. The van der Waals surface area contributed by atoms with E-state index in [1.54, 1.807) is 11.3 Å². The van der Waals surface area contributed by atoms with Crippen molar-refractivity contribution in [3.05, 3.63) is 186 Å². The van der Waals surface area contributed by atoms with E-state index in [0.717, 1.165) is 55.4 Å². The maximum absolute atomic E-state index is 10.1. The number of aryl methyl sites for hydroxylation is 1. The molecule has 1 unspecified atom stereocenters. The molecule has 5 heteroatoms. The number of benzene rings is 7. The molecule has 0 saturated carbocycles. The summed E-state index contributed by atoms with van der Waals surface area (Å²) in [5.74, 6) is 0.957. The van der Waals surface area contributed by atoms with Gasteiger partial charge in [-0.25, -0.2) is 9.97 Å². The summed E-state index contributed by atoms with van der Waals surface area (Å²) >= 11 is 1.58. The second-order valence-electron chi connectivity index (χ2n) is 14.4. The normalized spacial score (nSPS) is 13.4. The molecule has 0 N–H and O–H groups in total. The summed E-state index contributed by atoms with van der Waals surface area (Å²) in [4.78, 5) is 9.70. The largest absolute Gasteiger partial charge is 0.309 e. The fourth-order valence-corrected chi connectivity index (χ4v) is 9.81. The van der Waals surface area contributed by atoms with E-state index in [-0.39, 0.29) is 0 Å². The summed E-state index contributed by atoms with van der Waals surface area (Å²) in [6.07, 6.45) is 2.15. The van der Waals surface area contributed by atoms with Gasteiger partial charge in [0, 0.05) is 38.0 Å². The van der Waals surface area contributed by atoms with Crippen molar-refractivity contribution in [2.75, 3.05) is 0 Å². The lowest BCUT2D eigenvalue weighted by Crippen LogP contribution is -1.99. The van der Waals surface area contributed by atoms with Crippen molar-refractivity contribution in [2.24, 2.45) is 0 Å². The maximum Gasteiger partial charge on any atom is 0.162 e. The Morgan fingerprint density at radius 3 is 2.18 bits per heavy atom.